The number of aromatic nitrogens is 2. The first kappa shape index (κ1) is 23.5. The van der Waals surface area contributed by atoms with Gasteiger partial charge in [0, 0.05) is 18.2 Å². The molecule has 0 unspecified atom stereocenters. The highest BCUT2D eigenvalue weighted by Gasteiger charge is 2.34. The zero-order chi connectivity index (χ0) is 24.7. The molecular weight excluding hydrogens is 489 g/mol. The van der Waals surface area contributed by atoms with Crippen LogP contribution in [0.3, 0.4) is 0 Å². The molecule has 0 spiro atoms. The summed E-state index contributed by atoms with van der Waals surface area (Å²) in [6.07, 6.45) is 1.77. The molecule has 0 bridgehead atoms. The van der Waals surface area contributed by atoms with Crippen molar-refractivity contribution in [3.8, 4) is 17.0 Å². The van der Waals surface area contributed by atoms with Crippen LogP contribution in [0, 0.1) is 0 Å². The summed E-state index contributed by atoms with van der Waals surface area (Å²) >= 11 is 12.2. The van der Waals surface area contributed by atoms with Crippen LogP contribution in [0.15, 0.2) is 42.5 Å². The topological polar surface area (TPSA) is 102 Å². The first-order valence-electron chi connectivity index (χ1n) is 11.4. The molecule has 0 saturated heterocycles. The van der Waals surface area contributed by atoms with Crippen LogP contribution in [-0.2, 0) is 13.1 Å². The lowest BCUT2D eigenvalue weighted by Crippen LogP contribution is -2.51. The minimum absolute atomic E-state index is 0.115. The van der Waals surface area contributed by atoms with Crippen molar-refractivity contribution in [2.45, 2.75) is 37.9 Å². The van der Waals surface area contributed by atoms with Gasteiger partial charge in [-0.15, -0.1) is 0 Å². The maximum absolute atomic E-state index is 13.0. The van der Waals surface area contributed by atoms with E-state index in [9.17, 15) is 9.59 Å². The fourth-order valence-corrected chi connectivity index (χ4v) is 5.04. The van der Waals surface area contributed by atoms with Crippen molar-refractivity contribution < 1.29 is 14.3 Å². The lowest BCUT2D eigenvalue weighted by atomic mass is 9.76. The summed E-state index contributed by atoms with van der Waals surface area (Å²) in [6, 6.07) is 13.1. The fraction of sp³-hybridized carbons (Fsp3) is 0.320. The van der Waals surface area contributed by atoms with Crippen LogP contribution >= 0.6 is 23.2 Å². The largest absolute Gasteiger partial charge is 0.497 e. The molecule has 3 aromatic rings. The van der Waals surface area contributed by atoms with Crippen molar-refractivity contribution in [1.29, 1.82) is 0 Å². The number of hydrogen-bond donors (Lipinski definition) is 2. The van der Waals surface area contributed by atoms with Crippen LogP contribution in [0.1, 0.15) is 40.4 Å². The van der Waals surface area contributed by atoms with E-state index in [1.807, 2.05) is 12.1 Å². The molecule has 1 saturated carbocycles. The predicted octanol–water partition coefficient (Wildman–Crippen LogP) is 4.44. The molecule has 8 nitrogen and oxygen atoms in total. The number of amides is 3. The average molecular weight is 514 g/mol. The first-order valence-corrected chi connectivity index (χ1v) is 12.1. The molecule has 2 heterocycles. The molecule has 1 aliphatic heterocycles. The number of primary amides is 1. The molecule has 35 heavy (non-hydrogen) atoms. The quantitative estimate of drug-likeness (QED) is 0.526. The van der Waals surface area contributed by atoms with E-state index in [1.165, 1.54) is 5.56 Å². The molecule has 1 fully saturated rings. The van der Waals surface area contributed by atoms with Crippen molar-refractivity contribution in [2.75, 3.05) is 13.7 Å². The molecule has 2 aromatic carbocycles. The van der Waals surface area contributed by atoms with Crippen LogP contribution < -0.4 is 15.8 Å². The van der Waals surface area contributed by atoms with E-state index in [0.29, 0.717) is 51.6 Å². The Morgan fingerprint density at radius 1 is 1.09 bits per heavy atom. The van der Waals surface area contributed by atoms with Gasteiger partial charge in [-0.1, -0.05) is 41.4 Å². The molecule has 182 valence electrons. The minimum atomic E-state index is -0.601. The van der Waals surface area contributed by atoms with Crippen molar-refractivity contribution in [3.63, 3.8) is 0 Å². The number of nitrogens with zero attached hydrogens (tertiary/aromatic N) is 3. The normalized spacial score (nSPS) is 19.0. The Morgan fingerprint density at radius 3 is 2.49 bits per heavy atom. The smallest absolute Gasteiger partial charge is 0.318 e. The number of fused-ring (bicyclic) bond motifs is 1. The molecule has 2 aliphatic rings. The number of benzene rings is 2. The first-order chi connectivity index (χ1) is 16.8. The number of nitrogens with one attached hydrogen (secondary N) is 1. The maximum Gasteiger partial charge on any atom is 0.318 e. The number of urea groups is 1. The Bertz CT molecular complexity index is 1280. The van der Waals surface area contributed by atoms with E-state index >= 15 is 0 Å². The Hall–Kier alpha value is -3.23. The maximum atomic E-state index is 13.0. The van der Waals surface area contributed by atoms with Gasteiger partial charge in [-0.05, 0) is 48.6 Å². The van der Waals surface area contributed by atoms with Gasteiger partial charge in [-0.25, -0.2) is 4.79 Å². The number of rotatable bonds is 5. The Kier molecular flexibility index (Phi) is 6.34. The van der Waals surface area contributed by atoms with E-state index in [0.717, 1.165) is 18.6 Å². The molecular formula is C25H25Cl2N5O3. The van der Waals surface area contributed by atoms with Crippen molar-refractivity contribution >= 4 is 35.1 Å². The molecule has 5 rings (SSSR count). The molecule has 10 heteroatoms. The highest BCUT2D eigenvalue weighted by molar-refractivity contribution is 6.42. The van der Waals surface area contributed by atoms with E-state index in [-0.39, 0.29) is 18.6 Å². The third-order valence-corrected chi connectivity index (χ3v) is 7.50. The summed E-state index contributed by atoms with van der Waals surface area (Å²) in [5.41, 5.74) is 8.98. The standard InChI is InChI=1S/C25H25Cl2N5O3/c1-35-18-5-2-14(3-6-18)16-10-17(11-16)29-25(34)31-8-9-32-21(13-31)22(24(28)33)23(30-32)15-4-7-19(26)20(27)12-15/h2-7,12,16-17H,8-11,13H2,1H3,(H2,28,33)(H,29,34)/t16-,17+. The second-order valence-electron chi connectivity index (χ2n) is 8.90. The number of hydrogen-bond acceptors (Lipinski definition) is 4. The summed E-state index contributed by atoms with van der Waals surface area (Å²) in [4.78, 5) is 27.1. The summed E-state index contributed by atoms with van der Waals surface area (Å²) < 4.78 is 6.96. The second-order valence-corrected chi connectivity index (χ2v) is 9.71. The highest BCUT2D eigenvalue weighted by atomic mass is 35.5. The van der Waals surface area contributed by atoms with E-state index in [2.05, 4.69) is 22.5 Å². The van der Waals surface area contributed by atoms with Crippen molar-refractivity contribution in [3.05, 3.63) is 69.3 Å². The Labute approximate surface area is 212 Å². The molecule has 1 aromatic heterocycles. The molecule has 0 radical (unpaired) electrons. The summed E-state index contributed by atoms with van der Waals surface area (Å²) in [6.45, 7) is 1.19. The summed E-state index contributed by atoms with van der Waals surface area (Å²) in [5.74, 6) is 0.653. The van der Waals surface area contributed by atoms with Crippen LogP contribution in [0.2, 0.25) is 10.0 Å². The molecule has 3 amide bonds. The third-order valence-electron chi connectivity index (χ3n) is 6.76. The van der Waals surface area contributed by atoms with Gasteiger partial charge in [0.05, 0.1) is 41.5 Å². The third kappa shape index (κ3) is 4.56. The molecule has 0 atom stereocenters. The van der Waals surface area contributed by atoms with Crippen LogP contribution in [0.5, 0.6) is 5.75 Å². The van der Waals surface area contributed by atoms with Gasteiger partial charge in [0.15, 0.2) is 0 Å². The van der Waals surface area contributed by atoms with Crippen LogP contribution in [-0.4, -0.2) is 46.3 Å². The van der Waals surface area contributed by atoms with Gasteiger partial charge >= 0.3 is 6.03 Å². The molecule has 3 N–H and O–H groups in total. The van der Waals surface area contributed by atoms with Crippen molar-refractivity contribution in [2.24, 2.45) is 5.73 Å². The lowest BCUT2D eigenvalue weighted by molar-refractivity contribution is 0.0997. The fourth-order valence-electron chi connectivity index (χ4n) is 4.75. The van der Waals surface area contributed by atoms with E-state index < -0.39 is 5.91 Å². The van der Waals surface area contributed by atoms with Crippen LogP contribution in [0.25, 0.3) is 11.3 Å². The number of methoxy groups -OCH3 is 1. The van der Waals surface area contributed by atoms with E-state index in [4.69, 9.17) is 33.7 Å². The molecule has 1 aliphatic carbocycles. The number of nitrogens with two attached hydrogens (primary N) is 1. The number of carbonyl (C=O) groups excluding carboxylic acids is 2. The predicted molar refractivity (Wildman–Crippen MR) is 134 cm³/mol. The monoisotopic (exact) mass is 513 g/mol. The van der Waals surface area contributed by atoms with Gasteiger partial charge in [0.1, 0.15) is 11.4 Å². The van der Waals surface area contributed by atoms with Gasteiger partial charge in [0.2, 0.25) is 0 Å². The Balaban J connectivity index is 1.26. The number of carbonyl (C=O) groups is 2. The van der Waals surface area contributed by atoms with Gasteiger partial charge in [-0.3, -0.25) is 9.48 Å². The van der Waals surface area contributed by atoms with Gasteiger partial charge in [-0.2, -0.15) is 5.10 Å². The average Bonchev–Trinajstić information content (AvgIpc) is 3.22. The van der Waals surface area contributed by atoms with Gasteiger partial charge < -0.3 is 20.7 Å². The summed E-state index contributed by atoms with van der Waals surface area (Å²) in [5, 5.41) is 8.49. The zero-order valence-corrected chi connectivity index (χ0v) is 20.6. The van der Waals surface area contributed by atoms with E-state index in [1.54, 1.807) is 34.9 Å². The highest BCUT2D eigenvalue weighted by Crippen LogP contribution is 2.38. The Morgan fingerprint density at radius 2 is 1.83 bits per heavy atom. The second kappa shape index (κ2) is 9.43. The number of ether oxygens (including phenoxy) is 1. The van der Waals surface area contributed by atoms with Crippen molar-refractivity contribution in [1.82, 2.24) is 20.0 Å². The minimum Gasteiger partial charge on any atom is -0.497 e. The van der Waals surface area contributed by atoms with Crippen LogP contribution in [0.4, 0.5) is 4.79 Å². The zero-order valence-electron chi connectivity index (χ0n) is 19.1. The van der Waals surface area contributed by atoms with Gasteiger partial charge in [0.25, 0.3) is 5.91 Å². The number of halogens is 2. The summed E-state index contributed by atoms with van der Waals surface area (Å²) in [7, 11) is 1.65. The lowest BCUT2D eigenvalue weighted by Gasteiger charge is -2.38. The SMILES string of the molecule is COc1ccc([C@H]2C[C@@H](NC(=O)N3CCn4nc(-c5ccc(Cl)c(Cl)c5)c(C(N)=O)c4C3)C2)cc1.